The molecule has 0 radical (unpaired) electrons. The molecular weight excluding hydrogens is 318 g/mol. The average molecular weight is 330 g/mol. The van der Waals surface area contributed by atoms with Gasteiger partial charge in [0.2, 0.25) is 0 Å². The first-order valence-electron chi connectivity index (χ1n) is 5.57. The quantitative estimate of drug-likeness (QED) is 0.834. The van der Waals surface area contributed by atoms with Crippen molar-refractivity contribution >= 4 is 25.8 Å². The van der Waals surface area contributed by atoms with E-state index in [1.165, 1.54) is 0 Å². The molecule has 1 aromatic carbocycles. The maximum atomic E-state index is 11.3. The second kappa shape index (κ2) is 5.29. The van der Waals surface area contributed by atoms with Crippen LogP contribution in [0.2, 0.25) is 0 Å². The summed E-state index contributed by atoms with van der Waals surface area (Å²) in [6.07, 6.45) is 0.855. The van der Waals surface area contributed by atoms with Crippen LogP contribution in [0.3, 0.4) is 0 Å². The molecule has 0 spiro atoms. The van der Waals surface area contributed by atoms with Crippen LogP contribution in [0.25, 0.3) is 0 Å². The number of nitriles is 1. The summed E-state index contributed by atoms with van der Waals surface area (Å²) in [6.45, 7) is 0. The first-order chi connectivity index (χ1) is 8.50. The van der Waals surface area contributed by atoms with E-state index in [1.807, 2.05) is 0 Å². The third kappa shape index (κ3) is 3.24. The predicted molar refractivity (Wildman–Crippen MR) is 71.2 cm³/mol. The van der Waals surface area contributed by atoms with Crippen LogP contribution in [-0.2, 0) is 9.84 Å². The van der Waals surface area contributed by atoms with Gasteiger partial charge in [-0.25, -0.2) is 8.42 Å². The van der Waals surface area contributed by atoms with E-state index < -0.39 is 9.84 Å². The van der Waals surface area contributed by atoms with Crippen LogP contribution in [0.15, 0.2) is 22.7 Å². The van der Waals surface area contributed by atoms with Gasteiger partial charge in [0.25, 0.3) is 0 Å². The number of ether oxygens (including phenoxy) is 1. The molecule has 0 bridgehead atoms. The van der Waals surface area contributed by atoms with Gasteiger partial charge in [0.05, 0.1) is 17.1 Å². The molecule has 0 atom stereocenters. The highest BCUT2D eigenvalue weighted by atomic mass is 79.9. The lowest BCUT2D eigenvalue weighted by Gasteiger charge is -2.23. The fraction of sp³-hybridized carbons (Fsp3) is 0.417. The smallest absolute Gasteiger partial charge is 0.150 e. The van der Waals surface area contributed by atoms with Gasteiger partial charge in [0, 0.05) is 4.47 Å². The van der Waals surface area contributed by atoms with E-state index in [0.29, 0.717) is 24.2 Å². The molecule has 1 aliphatic rings. The van der Waals surface area contributed by atoms with Gasteiger partial charge >= 0.3 is 0 Å². The minimum Gasteiger partial charge on any atom is -0.489 e. The van der Waals surface area contributed by atoms with Crippen molar-refractivity contribution in [2.24, 2.45) is 0 Å². The molecule has 1 heterocycles. The maximum absolute atomic E-state index is 11.3. The van der Waals surface area contributed by atoms with Crippen LogP contribution in [0.4, 0.5) is 0 Å². The monoisotopic (exact) mass is 329 g/mol. The van der Waals surface area contributed by atoms with E-state index in [9.17, 15) is 8.42 Å². The number of rotatable bonds is 2. The second-order valence-corrected chi connectivity index (χ2v) is 7.44. The van der Waals surface area contributed by atoms with Crippen molar-refractivity contribution in [3.63, 3.8) is 0 Å². The van der Waals surface area contributed by atoms with Crippen LogP contribution < -0.4 is 4.74 Å². The molecule has 6 heteroatoms. The summed E-state index contributed by atoms with van der Waals surface area (Å²) >= 11 is 3.29. The van der Waals surface area contributed by atoms with E-state index in [-0.39, 0.29) is 17.6 Å². The van der Waals surface area contributed by atoms with Crippen molar-refractivity contribution < 1.29 is 13.2 Å². The Hall–Kier alpha value is -1.06. The highest BCUT2D eigenvalue weighted by molar-refractivity contribution is 9.10. The topological polar surface area (TPSA) is 67.2 Å². The van der Waals surface area contributed by atoms with E-state index >= 15 is 0 Å². The lowest BCUT2D eigenvalue weighted by molar-refractivity contribution is 0.189. The molecule has 1 fully saturated rings. The number of sulfone groups is 1. The Kier molecular flexibility index (Phi) is 3.93. The Balaban J connectivity index is 2.09. The lowest BCUT2D eigenvalue weighted by atomic mass is 10.2. The van der Waals surface area contributed by atoms with E-state index in [1.54, 1.807) is 18.2 Å². The van der Waals surface area contributed by atoms with Gasteiger partial charge in [-0.05, 0) is 31.0 Å². The molecule has 18 heavy (non-hydrogen) atoms. The molecule has 0 unspecified atom stereocenters. The summed E-state index contributed by atoms with van der Waals surface area (Å²) in [5.74, 6) is 0.844. The van der Waals surface area contributed by atoms with Gasteiger partial charge in [-0.3, -0.25) is 0 Å². The molecule has 2 rings (SSSR count). The highest BCUT2D eigenvalue weighted by Gasteiger charge is 2.25. The SMILES string of the molecule is N#Cc1cc(Br)ccc1OC1CCS(=O)(=O)CC1. The second-order valence-electron chi connectivity index (χ2n) is 4.22. The Morgan fingerprint density at radius 2 is 2.00 bits per heavy atom. The van der Waals surface area contributed by atoms with Crippen molar-refractivity contribution in [2.45, 2.75) is 18.9 Å². The largest absolute Gasteiger partial charge is 0.489 e. The lowest BCUT2D eigenvalue weighted by Crippen LogP contribution is -2.30. The summed E-state index contributed by atoms with van der Waals surface area (Å²) in [5.41, 5.74) is 0.456. The zero-order valence-corrected chi connectivity index (χ0v) is 12.0. The van der Waals surface area contributed by atoms with Crippen molar-refractivity contribution in [1.82, 2.24) is 0 Å². The fourth-order valence-electron chi connectivity index (χ4n) is 1.86. The molecule has 0 N–H and O–H groups in total. The number of halogens is 1. The van der Waals surface area contributed by atoms with Crippen LogP contribution >= 0.6 is 15.9 Å². The summed E-state index contributed by atoms with van der Waals surface area (Å²) < 4.78 is 29.1. The summed E-state index contributed by atoms with van der Waals surface area (Å²) in [6, 6.07) is 7.29. The zero-order chi connectivity index (χ0) is 13.2. The molecule has 1 aliphatic heterocycles. The van der Waals surface area contributed by atoms with E-state index in [4.69, 9.17) is 10.00 Å². The Morgan fingerprint density at radius 3 is 2.61 bits per heavy atom. The molecule has 96 valence electrons. The number of benzene rings is 1. The Bertz CT molecular complexity index is 578. The number of nitrogens with zero attached hydrogens (tertiary/aromatic N) is 1. The van der Waals surface area contributed by atoms with E-state index in [2.05, 4.69) is 22.0 Å². The van der Waals surface area contributed by atoms with Crippen LogP contribution in [0.5, 0.6) is 5.75 Å². The minimum absolute atomic E-state index is 0.123. The molecule has 1 saturated heterocycles. The molecule has 0 saturated carbocycles. The third-order valence-corrected chi connectivity index (χ3v) is 5.07. The number of hydrogen-bond acceptors (Lipinski definition) is 4. The first kappa shape index (κ1) is 13.4. The van der Waals surface area contributed by atoms with Gasteiger partial charge in [0.15, 0.2) is 9.84 Å². The minimum atomic E-state index is -2.88. The van der Waals surface area contributed by atoms with Crippen molar-refractivity contribution in [3.05, 3.63) is 28.2 Å². The van der Waals surface area contributed by atoms with Gasteiger partial charge < -0.3 is 4.74 Å². The van der Waals surface area contributed by atoms with Gasteiger partial charge in [-0.2, -0.15) is 5.26 Å². The third-order valence-electron chi connectivity index (χ3n) is 2.86. The highest BCUT2D eigenvalue weighted by Crippen LogP contribution is 2.26. The number of hydrogen-bond donors (Lipinski definition) is 0. The summed E-state index contributed by atoms with van der Waals surface area (Å²) in [7, 11) is -2.88. The first-order valence-corrected chi connectivity index (χ1v) is 8.18. The Morgan fingerprint density at radius 1 is 1.33 bits per heavy atom. The predicted octanol–water partition coefficient (Wildman–Crippen LogP) is 2.28. The molecule has 1 aromatic rings. The zero-order valence-electron chi connectivity index (χ0n) is 9.60. The molecule has 0 aliphatic carbocycles. The average Bonchev–Trinajstić information content (AvgIpc) is 2.34. The van der Waals surface area contributed by atoms with Crippen molar-refractivity contribution in [1.29, 1.82) is 5.26 Å². The van der Waals surface area contributed by atoms with Crippen molar-refractivity contribution in [2.75, 3.05) is 11.5 Å². The van der Waals surface area contributed by atoms with E-state index in [0.717, 1.165) is 4.47 Å². The summed E-state index contributed by atoms with van der Waals surface area (Å²) in [5, 5.41) is 9.01. The van der Waals surface area contributed by atoms with Gasteiger partial charge in [-0.1, -0.05) is 15.9 Å². The normalized spacial score (nSPS) is 19.1. The van der Waals surface area contributed by atoms with Crippen molar-refractivity contribution in [3.8, 4) is 11.8 Å². The van der Waals surface area contributed by atoms with Crippen LogP contribution in [-0.4, -0.2) is 26.0 Å². The molecule has 4 nitrogen and oxygen atoms in total. The standard InChI is InChI=1S/C12H12BrNO3S/c13-10-1-2-12(9(7-10)8-14)17-11-3-5-18(15,16)6-4-11/h1-2,7,11H,3-6H2. The maximum Gasteiger partial charge on any atom is 0.150 e. The fourth-order valence-corrected chi connectivity index (χ4v) is 3.67. The summed E-state index contributed by atoms with van der Waals surface area (Å²) in [4.78, 5) is 0. The Labute approximate surface area is 115 Å². The van der Waals surface area contributed by atoms with Gasteiger partial charge in [-0.15, -0.1) is 0 Å². The molecular formula is C12H12BrNO3S. The van der Waals surface area contributed by atoms with Gasteiger partial charge in [0.1, 0.15) is 17.9 Å². The molecule has 0 aromatic heterocycles. The van der Waals surface area contributed by atoms with Crippen LogP contribution in [0.1, 0.15) is 18.4 Å². The van der Waals surface area contributed by atoms with Crippen LogP contribution in [0, 0.1) is 11.3 Å². The molecule has 0 amide bonds.